The number of carbonyl (C=O) groups is 2. The molecule has 0 saturated heterocycles. The molecule has 19 heavy (non-hydrogen) atoms. The van der Waals surface area contributed by atoms with Crippen LogP contribution in [0.25, 0.3) is 0 Å². The highest BCUT2D eigenvalue weighted by Gasteiger charge is 2.44. The highest BCUT2D eigenvalue weighted by molar-refractivity contribution is 5.83. The molecule has 1 fully saturated rings. The normalized spacial score (nSPS) is 20.7. The lowest BCUT2D eigenvalue weighted by atomic mass is 10.1. The molecular formula is C15H19NO3. The molecule has 1 aliphatic rings. The van der Waals surface area contributed by atoms with E-state index in [4.69, 9.17) is 0 Å². The van der Waals surface area contributed by atoms with Gasteiger partial charge < -0.3 is 9.64 Å². The maximum atomic E-state index is 12.2. The van der Waals surface area contributed by atoms with Crippen molar-refractivity contribution in [3.05, 3.63) is 35.9 Å². The van der Waals surface area contributed by atoms with E-state index < -0.39 is 0 Å². The van der Waals surface area contributed by atoms with Gasteiger partial charge in [-0.2, -0.15) is 0 Å². The van der Waals surface area contributed by atoms with E-state index in [-0.39, 0.29) is 24.2 Å². The third-order valence-corrected chi connectivity index (χ3v) is 3.59. The van der Waals surface area contributed by atoms with Crippen molar-refractivity contribution in [2.24, 2.45) is 5.92 Å². The molecule has 0 radical (unpaired) electrons. The summed E-state index contributed by atoms with van der Waals surface area (Å²) in [5.74, 6) is 0.257. The Labute approximate surface area is 113 Å². The second-order valence-corrected chi connectivity index (χ2v) is 4.95. The molecule has 0 heterocycles. The van der Waals surface area contributed by atoms with E-state index in [0.29, 0.717) is 12.5 Å². The molecule has 1 aromatic rings. The number of ether oxygens (including phenoxy) is 1. The van der Waals surface area contributed by atoms with Gasteiger partial charge in [-0.1, -0.05) is 30.3 Å². The Morgan fingerprint density at radius 2 is 2.00 bits per heavy atom. The maximum absolute atomic E-state index is 12.2. The van der Waals surface area contributed by atoms with Gasteiger partial charge in [0, 0.05) is 19.5 Å². The zero-order valence-corrected chi connectivity index (χ0v) is 11.3. The predicted molar refractivity (Wildman–Crippen MR) is 71.6 cm³/mol. The van der Waals surface area contributed by atoms with Gasteiger partial charge in [0.1, 0.15) is 0 Å². The molecule has 4 nitrogen and oxygen atoms in total. The fourth-order valence-corrected chi connectivity index (χ4v) is 2.29. The third kappa shape index (κ3) is 3.34. The topological polar surface area (TPSA) is 46.6 Å². The van der Waals surface area contributed by atoms with Gasteiger partial charge in [-0.15, -0.1) is 0 Å². The predicted octanol–water partition coefficient (Wildman–Crippen LogP) is 1.81. The first kappa shape index (κ1) is 13.6. The van der Waals surface area contributed by atoms with Crippen molar-refractivity contribution < 1.29 is 14.3 Å². The Kier molecular flexibility index (Phi) is 4.20. The molecule has 2 atom stereocenters. The number of benzene rings is 1. The van der Waals surface area contributed by atoms with E-state index in [2.05, 4.69) is 16.9 Å². The largest absolute Gasteiger partial charge is 0.469 e. The van der Waals surface area contributed by atoms with Gasteiger partial charge in [-0.25, -0.2) is 0 Å². The summed E-state index contributed by atoms with van der Waals surface area (Å²) in [5.41, 5.74) is 1.22. The molecule has 0 spiro atoms. The number of hydrogen-bond donors (Lipinski definition) is 0. The second kappa shape index (κ2) is 5.87. The summed E-state index contributed by atoms with van der Waals surface area (Å²) in [4.78, 5) is 24.8. The first-order chi connectivity index (χ1) is 9.13. The van der Waals surface area contributed by atoms with Crippen LogP contribution in [-0.4, -0.2) is 37.5 Å². The van der Waals surface area contributed by atoms with Crippen molar-refractivity contribution in [3.8, 4) is 0 Å². The molecule has 0 N–H and O–H groups in total. The van der Waals surface area contributed by atoms with Crippen LogP contribution in [0, 0.1) is 5.92 Å². The molecule has 0 aromatic heterocycles. The van der Waals surface area contributed by atoms with Gasteiger partial charge in [0.2, 0.25) is 5.91 Å². The van der Waals surface area contributed by atoms with E-state index in [1.807, 2.05) is 18.2 Å². The first-order valence-electron chi connectivity index (χ1n) is 6.50. The SMILES string of the molecule is COC(=O)CCN(C)C(=O)C1CC1c1ccccc1. The average Bonchev–Trinajstić information content (AvgIpc) is 3.24. The Balaban J connectivity index is 1.84. The van der Waals surface area contributed by atoms with Crippen molar-refractivity contribution in [1.29, 1.82) is 0 Å². The standard InChI is InChI=1S/C15H19NO3/c1-16(9-8-14(17)19-2)15(18)13-10-12(13)11-6-4-3-5-7-11/h3-7,12-13H,8-10H2,1-2H3. The summed E-state index contributed by atoms with van der Waals surface area (Å²) < 4.78 is 4.57. The number of hydrogen-bond acceptors (Lipinski definition) is 3. The molecule has 102 valence electrons. The van der Waals surface area contributed by atoms with Crippen molar-refractivity contribution >= 4 is 11.9 Å². The highest BCUT2D eigenvalue weighted by atomic mass is 16.5. The summed E-state index contributed by atoms with van der Waals surface area (Å²) in [6, 6.07) is 10.1. The Hall–Kier alpha value is -1.84. The van der Waals surface area contributed by atoms with Crippen molar-refractivity contribution in [2.75, 3.05) is 20.7 Å². The molecule has 4 heteroatoms. The van der Waals surface area contributed by atoms with Gasteiger partial charge in [0.15, 0.2) is 0 Å². The van der Waals surface area contributed by atoms with E-state index >= 15 is 0 Å². The quantitative estimate of drug-likeness (QED) is 0.759. The number of rotatable bonds is 5. The zero-order valence-electron chi connectivity index (χ0n) is 11.3. The van der Waals surface area contributed by atoms with E-state index in [0.717, 1.165) is 6.42 Å². The molecule has 1 aromatic carbocycles. The fraction of sp³-hybridized carbons (Fsp3) is 0.467. The Bertz CT molecular complexity index is 458. The number of carbonyl (C=O) groups excluding carboxylic acids is 2. The minimum Gasteiger partial charge on any atom is -0.469 e. The minimum absolute atomic E-state index is 0.0741. The maximum Gasteiger partial charge on any atom is 0.307 e. The summed E-state index contributed by atoms with van der Waals surface area (Å²) in [5, 5.41) is 0. The van der Waals surface area contributed by atoms with Crippen LogP contribution in [0.3, 0.4) is 0 Å². The smallest absolute Gasteiger partial charge is 0.307 e. The van der Waals surface area contributed by atoms with Gasteiger partial charge in [-0.05, 0) is 17.9 Å². The minimum atomic E-state index is -0.282. The molecule has 0 aliphatic heterocycles. The monoisotopic (exact) mass is 261 g/mol. The van der Waals surface area contributed by atoms with Crippen LogP contribution in [0.1, 0.15) is 24.3 Å². The van der Waals surface area contributed by atoms with Gasteiger partial charge >= 0.3 is 5.97 Å². The molecule has 1 amide bonds. The van der Waals surface area contributed by atoms with Crippen LogP contribution in [0.15, 0.2) is 30.3 Å². The van der Waals surface area contributed by atoms with Gasteiger partial charge in [0.05, 0.1) is 13.5 Å². The van der Waals surface area contributed by atoms with Crippen LogP contribution >= 0.6 is 0 Å². The molecule has 1 saturated carbocycles. The first-order valence-corrected chi connectivity index (χ1v) is 6.50. The number of methoxy groups -OCH3 is 1. The lowest BCUT2D eigenvalue weighted by Gasteiger charge is -2.16. The molecule has 1 aliphatic carbocycles. The van der Waals surface area contributed by atoms with Crippen molar-refractivity contribution in [1.82, 2.24) is 4.90 Å². The summed E-state index contributed by atoms with van der Waals surface area (Å²) >= 11 is 0. The van der Waals surface area contributed by atoms with E-state index in [1.165, 1.54) is 12.7 Å². The van der Waals surface area contributed by atoms with Crippen LogP contribution in [-0.2, 0) is 14.3 Å². The van der Waals surface area contributed by atoms with Crippen LogP contribution in [0.2, 0.25) is 0 Å². The summed E-state index contributed by atoms with van der Waals surface area (Å²) in [6.07, 6.45) is 1.16. The van der Waals surface area contributed by atoms with Gasteiger partial charge in [0.25, 0.3) is 0 Å². The Morgan fingerprint density at radius 3 is 2.63 bits per heavy atom. The zero-order chi connectivity index (χ0) is 13.8. The van der Waals surface area contributed by atoms with Gasteiger partial charge in [-0.3, -0.25) is 9.59 Å². The van der Waals surface area contributed by atoms with Crippen LogP contribution in [0.4, 0.5) is 0 Å². The van der Waals surface area contributed by atoms with Crippen molar-refractivity contribution in [2.45, 2.75) is 18.8 Å². The van der Waals surface area contributed by atoms with E-state index in [1.54, 1.807) is 11.9 Å². The summed E-state index contributed by atoms with van der Waals surface area (Å²) in [7, 11) is 3.10. The fourth-order valence-electron chi connectivity index (χ4n) is 2.29. The number of nitrogens with zero attached hydrogens (tertiary/aromatic N) is 1. The number of amides is 1. The second-order valence-electron chi connectivity index (χ2n) is 4.95. The lowest BCUT2D eigenvalue weighted by Crippen LogP contribution is -2.30. The molecular weight excluding hydrogens is 242 g/mol. The molecule has 2 unspecified atom stereocenters. The highest BCUT2D eigenvalue weighted by Crippen LogP contribution is 2.48. The van der Waals surface area contributed by atoms with Crippen LogP contribution in [0.5, 0.6) is 0 Å². The third-order valence-electron chi connectivity index (χ3n) is 3.59. The van der Waals surface area contributed by atoms with E-state index in [9.17, 15) is 9.59 Å². The van der Waals surface area contributed by atoms with Crippen molar-refractivity contribution in [3.63, 3.8) is 0 Å². The Morgan fingerprint density at radius 1 is 1.32 bits per heavy atom. The summed E-state index contributed by atoms with van der Waals surface area (Å²) in [6.45, 7) is 0.420. The lowest BCUT2D eigenvalue weighted by molar-refractivity contribution is -0.141. The molecule has 0 bridgehead atoms. The number of esters is 1. The average molecular weight is 261 g/mol. The van der Waals surface area contributed by atoms with Crippen LogP contribution < -0.4 is 0 Å². The molecule has 2 rings (SSSR count).